The molecule has 0 radical (unpaired) electrons. The third-order valence-electron chi connectivity index (χ3n) is 6.16. The molecule has 5 nitrogen and oxygen atoms in total. The topological polar surface area (TPSA) is 66.8 Å². The number of Topliss-reactive ketones (excluding diaryl/α,β-unsaturated/α-hetero) is 1. The standard InChI is InChI=1S/C29H26F3NO4/c1-5-37-23-13-8-17(14-20(23)29(2,3)4)26(34)24-25(16-6-9-18(30)10-7-16)33(28(36)27(24)35)22-12-11-19(31)15-21(22)32/h6-15,25,34H,5H2,1-4H3/b26-24-. The molecule has 192 valence electrons. The van der Waals surface area contributed by atoms with Gasteiger partial charge in [-0.25, -0.2) is 13.2 Å². The molecule has 1 aliphatic rings. The van der Waals surface area contributed by atoms with Crippen LogP contribution in [0.1, 0.15) is 50.4 Å². The highest BCUT2D eigenvalue weighted by molar-refractivity contribution is 6.51. The quantitative estimate of drug-likeness (QED) is 0.245. The summed E-state index contributed by atoms with van der Waals surface area (Å²) in [6, 6.07) is 11.2. The molecule has 1 fully saturated rings. The van der Waals surface area contributed by atoms with E-state index in [4.69, 9.17) is 4.74 Å². The lowest BCUT2D eigenvalue weighted by atomic mass is 9.84. The van der Waals surface area contributed by atoms with E-state index in [1.54, 1.807) is 18.2 Å². The Labute approximate surface area is 212 Å². The maximum absolute atomic E-state index is 14.8. The smallest absolute Gasteiger partial charge is 0.300 e. The second kappa shape index (κ2) is 9.76. The van der Waals surface area contributed by atoms with Gasteiger partial charge in [0, 0.05) is 17.2 Å². The SMILES string of the molecule is CCOc1ccc(/C(O)=C2/C(=O)C(=O)N(c3ccc(F)cc3F)C2c2ccc(F)cc2)cc1C(C)(C)C. The van der Waals surface area contributed by atoms with Crippen molar-refractivity contribution >= 4 is 23.1 Å². The highest BCUT2D eigenvalue weighted by atomic mass is 19.1. The first-order chi connectivity index (χ1) is 17.4. The molecule has 1 heterocycles. The van der Waals surface area contributed by atoms with Gasteiger partial charge in [0.2, 0.25) is 0 Å². The second-order valence-electron chi connectivity index (χ2n) is 9.71. The molecule has 1 amide bonds. The monoisotopic (exact) mass is 509 g/mol. The Morgan fingerprint density at radius 3 is 2.19 bits per heavy atom. The van der Waals surface area contributed by atoms with Crippen LogP contribution in [-0.2, 0) is 15.0 Å². The average molecular weight is 510 g/mol. The Balaban J connectivity index is 1.96. The van der Waals surface area contributed by atoms with Gasteiger partial charge >= 0.3 is 0 Å². The van der Waals surface area contributed by atoms with Gasteiger partial charge in [0.1, 0.15) is 29.0 Å². The fraction of sp³-hybridized carbons (Fsp3) is 0.241. The molecule has 1 atom stereocenters. The number of hydrogen-bond acceptors (Lipinski definition) is 4. The van der Waals surface area contributed by atoms with Crippen LogP contribution in [0.15, 0.2) is 66.2 Å². The van der Waals surface area contributed by atoms with Crippen molar-refractivity contribution in [2.75, 3.05) is 11.5 Å². The van der Waals surface area contributed by atoms with Crippen molar-refractivity contribution in [1.82, 2.24) is 0 Å². The number of aliphatic hydroxyl groups excluding tert-OH is 1. The van der Waals surface area contributed by atoms with Gasteiger partial charge < -0.3 is 9.84 Å². The molecule has 0 bridgehead atoms. The molecule has 1 saturated heterocycles. The minimum atomic E-state index is -1.29. The molecule has 0 saturated carbocycles. The van der Waals surface area contributed by atoms with Crippen LogP contribution in [0.5, 0.6) is 5.75 Å². The van der Waals surface area contributed by atoms with E-state index in [0.717, 1.165) is 34.7 Å². The molecule has 1 aliphatic heterocycles. The lowest BCUT2D eigenvalue weighted by Crippen LogP contribution is -2.30. The number of anilines is 1. The summed E-state index contributed by atoms with van der Waals surface area (Å²) in [7, 11) is 0. The Kier molecular flexibility index (Phi) is 6.86. The normalized spacial score (nSPS) is 17.4. The maximum Gasteiger partial charge on any atom is 0.300 e. The predicted octanol–water partition coefficient (Wildman–Crippen LogP) is 6.43. The van der Waals surface area contributed by atoms with Gasteiger partial charge in [-0.2, -0.15) is 0 Å². The maximum atomic E-state index is 14.8. The zero-order chi connectivity index (χ0) is 27.1. The molecule has 1 unspecified atom stereocenters. The van der Waals surface area contributed by atoms with E-state index in [1.165, 1.54) is 12.1 Å². The molecule has 3 aromatic rings. The third-order valence-corrected chi connectivity index (χ3v) is 6.16. The second-order valence-corrected chi connectivity index (χ2v) is 9.71. The number of ketones is 1. The summed E-state index contributed by atoms with van der Waals surface area (Å²) in [4.78, 5) is 27.3. The van der Waals surface area contributed by atoms with Crippen molar-refractivity contribution in [2.45, 2.75) is 39.2 Å². The van der Waals surface area contributed by atoms with Gasteiger partial charge in [-0.15, -0.1) is 0 Å². The molecular weight excluding hydrogens is 483 g/mol. The Morgan fingerprint density at radius 1 is 0.946 bits per heavy atom. The zero-order valence-electron chi connectivity index (χ0n) is 20.8. The van der Waals surface area contributed by atoms with Gasteiger partial charge in [0.25, 0.3) is 11.7 Å². The van der Waals surface area contributed by atoms with Crippen molar-refractivity contribution in [1.29, 1.82) is 0 Å². The van der Waals surface area contributed by atoms with E-state index in [0.29, 0.717) is 18.4 Å². The Morgan fingerprint density at radius 2 is 1.59 bits per heavy atom. The van der Waals surface area contributed by atoms with Crippen molar-refractivity contribution in [3.63, 3.8) is 0 Å². The molecule has 37 heavy (non-hydrogen) atoms. The van der Waals surface area contributed by atoms with E-state index in [2.05, 4.69) is 0 Å². The summed E-state index contributed by atoms with van der Waals surface area (Å²) in [5.41, 5.74) is 0.227. The zero-order valence-corrected chi connectivity index (χ0v) is 20.8. The first kappa shape index (κ1) is 26.0. The minimum Gasteiger partial charge on any atom is -0.507 e. The Hall–Kier alpha value is -4.07. The highest BCUT2D eigenvalue weighted by Gasteiger charge is 2.47. The average Bonchev–Trinajstić information content (AvgIpc) is 3.09. The van der Waals surface area contributed by atoms with Crippen molar-refractivity contribution in [3.8, 4) is 5.75 Å². The number of carbonyl (C=O) groups excluding carboxylic acids is 2. The summed E-state index contributed by atoms with van der Waals surface area (Å²) < 4.78 is 47.9. The molecule has 8 heteroatoms. The number of carbonyl (C=O) groups is 2. The van der Waals surface area contributed by atoms with Crippen LogP contribution >= 0.6 is 0 Å². The van der Waals surface area contributed by atoms with Crippen LogP contribution in [0.2, 0.25) is 0 Å². The van der Waals surface area contributed by atoms with Gasteiger partial charge in [-0.3, -0.25) is 14.5 Å². The van der Waals surface area contributed by atoms with Crippen molar-refractivity contribution in [2.24, 2.45) is 0 Å². The summed E-state index contributed by atoms with van der Waals surface area (Å²) in [6.07, 6.45) is 0. The van der Waals surface area contributed by atoms with E-state index < -0.39 is 40.9 Å². The summed E-state index contributed by atoms with van der Waals surface area (Å²) >= 11 is 0. The first-order valence-electron chi connectivity index (χ1n) is 11.7. The van der Waals surface area contributed by atoms with Gasteiger partial charge in [-0.1, -0.05) is 32.9 Å². The van der Waals surface area contributed by atoms with Gasteiger partial charge in [0.05, 0.1) is 23.9 Å². The number of ether oxygens (including phenoxy) is 1. The van der Waals surface area contributed by atoms with E-state index in [-0.39, 0.29) is 27.8 Å². The number of amides is 1. The van der Waals surface area contributed by atoms with E-state index in [1.807, 2.05) is 27.7 Å². The van der Waals surface area contributed by atoms with Gasteiger partial charge in [-0.05, 0) is 60.4 Å². The van der Waals surface area contributed by atoms with Crippen molar-refractivity contribution < 1.29 is 32.6 Å². The largest absolute Gasteiger partial charge is 0.507 e. The number of halogens is 3. The lowest BCUT2D eigenvalue weighted by Gasteiger charge is -2.26. The van der Waals surface area contributed by atoms with E-state index >= 15 is 0 Å². The number of benzene rings is 3. The van der Waals surface area contributed by atoms with Crippen molar-refractivity contribution in [3.05, 3.63) is 100 Å². The fourth-order valence-electron chi connectivity index (χ4n) is 4.42. The van der Waals surface area contributed by atoms with Crippen LogP contribution in [0.25, 0.3) is 5.76 Å². The lowest BCUT2D eigenvalue weighted by molar-refractivity contribution is -0.132. The van der Waals surface area contributed by atoms with Crippen LogP contribution in [0.3, 0.4) is 0 Å². The molecular formula is C29H26F3NO4. The van der Waals surface area contributed by atoms with Crippen LogP contribution in [0.4, 0.5) is 18.9 Å². The summed E-state index contributed by atoms with van der Waals surface area (Å²) in [6.45, 7) is 8.16. The molecule has 1 N–H and O–H groups in total. The van der Waals surface area contributed by atoms with Crippen LogP contribution < -0.4 is 9.64 Å². The molecule has 4 rings (SSSR count). The number of rotatable bonds is 5. The van der Waals surface area contributed by atoms with Crippen LogP contribution in [-0.4, -0.2) is 23.4 Å². The van der Waals surface area contributed by atoms with Crippen LogP contribution in [0, 0.1) is 17.5 Å². The highest BCUT2D eigenvalue weighted by Crippen LogP contribution is 2.44. The minimum absolute atomic E-state index is 0.248. The molecule has 3 aromatic carbocycles. The summed E-state index contributed by atoms with van der Waals surface area (Å²) in [5.74, 6) is -4.52. The Bertz CT molecular complexity index is 1410. The van der Waals surface area contributed by atoms with Gasteiger partial charge in [0.15, 0.2) is 0 Å². The van der Waals surface area contributed by atoms with E-state index in [9.17, 15) is 27.9 Å². The fourth-order valence-corrected chi connectivity index (χ4v) is 4.42. The first-order valence-corrected chi connectivity index (χ1v) is 11.7. The predicted molar refractivity (Wildman–Crippen MR) is 134 cm³/mol. The molecule has 0 aliphatic carbocycles. The molecule has 0 aromatic heterocycles. The number of hydrogen-bond donors (Lipinski definition) is 1. The molecule has 0 spiro atoms. The third kappa shape index (κ3) is 4.83. The summed E-state index contributed by atoms with van der Waals surface area (Å²) in [5, 5.41) is 11.4. The number of nitrogens with zero attached hydrogens (tertiary/aromatic N) is 1. The number of aliphatic hydroxyl groups is 1.